The summed E-state index contributed by atoms with van der Waals surface area (Å²) in [5.41, 5.74) is 6.41. The van der Waals surface area contributed by atoms with Crippen LogP contribution in [0.3, 0.4) is 0 Å². The quantitative estimate of drug-likeness (QED) is 0.789. The zero-order valence-corrected chi connectivity index (χ0v) is 11.5. The maximum atomic E-state index is 5.76. The van der Waals surface area contributed by atoms with E-state index < -0.39 is 0 Å². The lowest BCUT2D eigenvalue weighted by Gasteiger charge is -2.11. The summed E-state index contributed by atoms with van der Waals surface area (Å²) >= 11 is 11.2. The topological polar surface area (TPSA) is 42.1 Å². The normalized spacial score (nSPS) is 8.88. The second-order valence-corrected chi connectivity index (χ2v) is 4.38. The Morgan fingerprint density at radius 3 is 2.06 bits per heavy atom. The zero-order chi connectivity index (χ0) is 12.7. The van der Waals surface area contributed by atoms with E-state index in [2.05, 4.69) is 4.98 Å². The van der Waals surface area contributed by atoms with Gasteiger partial charge in [0.15, 0.2) is 0 Å². The van der Waals surface area contributed by atoms with Crippen molar-refractivity contribution in [2.24, 2.45) is 0 Å². The summed E-state index contributed by atoms with van der Waals surface area (Å²) in [5, 5.41) is 1.43. The third kappa shape index (κ3) is 6.53. The lowest BCUT2D eigenvalue weighted by molar-refractivity contribution is 0.541. The van der Waals surface area contributed by atoms with Gasteiger partial charge in [0, 0.05) is 20.3 Å². The summed E-state index contributed by atoms with van der Waals surface area (Å²) in [5.74, 6) is 0.495. The number of anilines is 1. The van der Waals surface area contributed by atoms with Crippen molar-refractivity contribution in [3.05, 3.63) is 34.1 Å². The molecule has 0 atom stereocenters. The van der Waals surface area contributed by atoms with Crippen LogP contribution in [-0.2, 0) is 0 Å². The summed E-state index contributed by atoms with van der Waals surface area (Å²) in [6, 6.07) is 3.35. The van der Waals surface area contributed by atoms with Crippen molar-refractivity contribution in [2.75, 3.05) is 19.8 Å². The van der Waals surface area contributed by atoms with Gasteiger partial charge in [-0.3, -0.25) is 0 Å². The number of nitrogen functional groups attached to an aromatic ring is 1. The van der Waals surface area contributed by atoms with E-state index in [1.165, 1.54) is 6.20 Å². The van der Waals surface area contributed by atoms with Gasteiger partial charge in [-0.15, -0.1) is 0 Å². The highest BCUT2D eigenvalue weighted by atomic mass is 35.5. The van der Waals surface area contributed by atoms with Crippen molar-refractivity contribution in [3.8, 4) is 0 Å². The summed E-state index contributed by atoms with van der Waals surface area (Å²) in [7, 11) is 3.85. The number of pyridine rings is 1. The molecule has 0 saturated carbocycles. The van der Waals surface area contributed by atoms with E-state index >= 15 is 0 Å². The maximum absolute atomic E-state index is 5.76. The lowest BCUT2D eigenvalue weighted by atomic mass is 10.4. The molecule has 0 bridgehead atoms. The number of hydrogen-bond acceptors (Lipinski definition) is 3. The monoisotopic (exact) mass is 261 g/mol. The number of halogens is 2. The average Bonchev–Trinajstić information content (AvgIpc) is 2.22. The van der Waals surface area contributed by atoms with E-state index in [1.807, 2.05) is 32.8 Å². The van der Waals surface area contributed by atoms with Crippen LogP contribution in [0.1, 0.15) is 13.8 Å². The molecule has 0 spiro atoms. The molecule has 2 N–H and O–H groups in total. The standard InChI is InChI=1S/C6H12ClN.C5H5ClN2/c1-5(2)6(7)8(3)4;6-4-1-2-5(7)8-3-4/h1-4H3;1-3H,(H2,7,8). The minimum atomic E-state index is 0.495. The minimum absolute atomic E-state index is 0.495. The molecule has 0 unspecified atom stereocenters. The Hall–Kier alpha value is -0.930. The fourth-order valence-corrected chi connectivity index (χ4v) is 0.946. The van der Waals surface area contributed by atoms with Crippen LogP contribution in [-0.4, -0.2) is 24.0 Å². The van der Waals surface area contributed by atoms with Crippen LogP contribution in [0.4, 0.5) is 5.82 Å². The van der Waals surface area contributed by atoms with E-state index in [1.54, 1.807) is 12.1 Å². The van der Waals surface area contributed by atoms with E-state index in [9.17, 15) is 0 Å². The third-order valence-corrected chi connectivity index (χ3v) is 2.50. The van der Waals surface area contributed by atoms with Gasteiger partial charge in [-0.05, 0) is 31.6 Å². The second kappa shape index (κ2) is 7.36. The first-order chi connectivity index (χ1) is 7.34. The van der Waals surface area contributed by atoms with Crippen LogP contribution in [0.5, 0.6) is 0 Å². The maximum Gasteiger partial charge on any atom is 0.123 e. The van der Waals surface area contributed by atoms with Gasteiger partial charge in [0.05, 0.1) is 5.02 Å². The Kier molecular flexibility index (Phi) is 6.93. The van der Waals surface area contributed by atoms with Gasteiger partial charge >= 0.3 is 0 Å². The molecule has 5 heteroatoms. The smallest absolute Gasteiger partial charge is 0.123 e. The molecule has 1 aromatic heterocycles. The van der Waals surface area contributed by atoms with Crippen LogP contribution < -0.4 is 5.73 Å². The molecule has 1 aromatic rings. The zero-order valence-electron chi connectivity index (χ0n) is 9.96. The fourth-order valence-electron chi connectivity index (χ4n) is 0.834. The number of hydrogen-bond donors (Lipinski definition) is 1. The summed E-state index contributed by atoms with van der Waals surface area (Å²) < 4.78 is 0. The highest BCUT2D eigenvalue weighted by molar-refractivity contribution is 6.30. The number of allylic oxidation sites excluding steroid dienone is 1. The summed E-state index contributed by atoms with van der Waals surface area (Å²) in [6.45, 7) is 3.98. The average molecular weight is 262 g/mol. The van der Waals surface area contributed by atoms with Crippen LogP contribution in [0.2, 0.25) is 5.02 Å². The molecular weight excluding hydrogens is 245 g/mol. The lowest BCUT2D eigenvalue weighted by Crippen LogP contribution is -2.07. The first-order valence-corrected chi connectivity index (χ1v) is 5.47. The number of nitrogens with two attached hydrogens (primary N) is 1. The van der Waals surface area contributed by atoms with Gasteiger partial charge in [0.25, 0.3) is 0 Å². The second-order valence-electron chi connectivity index (χ2n) is 3.59. The molecule has 0 aliphatic heterocycles. The van der Waals surface area contributed by atoms with Gasteiger partial charge in [-0.1, -0.05) is 23.2 Å². The molecule has 90 valence electrons. The predicted octanol–water partition coefficient (Wildman–Crippen LogP) is 3.36. The van der Waals surface area contributed by atoms with Crippen LogP contribution in [0, 0.1) is 0 Å². The third-order valence-electron chi connectivity index (χ3n) is 1.56. The van der Waals surface area contributed by atoms with E-state index in [0.717, 1.165) is 10.7 Å². The first kappa shape index (κ1) is 15.1. The molecule has 0 aliphatic rings. The van der Waals surface area contributed by atoms with Gasteiger partial charge in [0.1, 0.15) is 11.0 Å². The Morgan fingerprint density at radius 2 is 1.88 bits per heavy atom. The molecule has 0 radical (unpaired) electrons. The molecule has 0 saturated heterocycles. The van der Waals surface area contributed by atoms with Gasteiger partial charge < -0.3 is 10.6 Å². The molecule has 1 rings (SSSR count). The van der Waals surface area contributed by atoms with Gasteiger partial charge in [0.2, 0.25) is 0 Å². The van der Waals surface area contributed by atoms with Crippen molar-refractivity contribution >= 4 is 29.0 Å². The molecule has 16 heavy (non-hydrogen) atoms. The summed E-state index contributed by atoms with van der Waals surface area (Å²) in [6.07, 6.45) is 1.51. The Labute approximate surface area is 107 Å². The number of nitrogens with zero attached hydrogens (tertiary/aromatic N) is 2. The molecule has 0 amide bonds. The van der Waals surface area contributed by atoms with Crippen molar-refractivity contribution in [2.45, 2.75) is 13.8 Å². The van der Waals surface area contributed by atoms with E-state index in [-0.39, 0.29) is 0 Å². The molecule has 1 heterocycles. The molecule has 3 nitrogen and oxygen atoms in total. The predicted molar refractivity (Wildman–Crippen MR) is 71.6 cm³/mol. The summed E-state index contributed by atoms with van der Waals surface area (Å²) in [4.78, 5) is 5.61. The minimum Gasteiger partial charge on any atom is -0.384 e. The molecule has 0 aliphatic carbocycles. The Bertz CT molecular complexity index is 320. The van der Waals surface area contributed by atoms with Gasteiger partial charge in [-0.25, -0.2) is 4.98 Å². The Balaban J connectivity index is 0.000000281. The van der Waals surface area contributed by atoms with Crippen molar-refractivity contribution in [1.82, 2.24) is 9.88 Å². The highest BCUT2D eigenvalue weighted by Crippen LogP contribution is 2.09. The molecule has 0 fully saturated rings. The number of aromatic nitrogens is 1. The SMILES string of the molecule is CC(C)=C(Cl)N(C)C.Nc1ccc(Cl)cn1. The Morgan fingerprint density at radius 1 is 1.31 bits per heavy atom. The van der Waals surface area contributed by atoms with Crippen molar-refractivity contribution in [1.29, 1.82) is 0 Å². The molecule has 0 aromatic carbocycles. The first-order valence-electron chi connectivity index (χ1n) is 4.72. The van der Waals surface area contributed by atoms with Crippen molar-refractivity contribution in [3.63, 3.8) is 0 Å². The fraction of sp³-hybridized carbons (Fsp3) is 0.364. The van der Waals surface area contributed by atoms with E-state index in [0.29, 0.717) is 10.8 Å². The van der Waals surface area contributed by atoms with Crippen LogP contribution in [0.15, 0.2) is 29.1 Å². The molecular formula is C11H17Cl2N3. The largest absolute Gasteiger partial charge is 0.384 e. The highest BCUT2D eigenvalue weighted by Gasteiger charge is 1.93. The van der Waals surface area contributed by atoms with Crippen molar-refractivity contribution < 1.29 is 0 Å². The van der Waals surface area contributed by atoms with Crippen LogP contribution >= 0.6 is 23.2 Å². The van der Waals surface area contributed by atoms with Crippen LogP contribution in [0.25, 0.3) is 0 Å². The van der Waals surface area contributed by atoms with Gasteiger partial charge in [-0.2, -0.15) is 0 Å². The number of rotatable bonds is 1. The van der Waals surface area contributed by atoms with E-state index in [4.69, 9.17) is 28.9 Å².